The number of hydrogen-bond donors (Lipinski definition) is 4. The van der Waals surface area contributed by atoms with Crippen LogP contribution in [0.25, 0.3) is 10.9 Å². The topological polar surface area (TPSA) is 123 Å². The minimum atomic E-state index is -0.715. The van der Waals surface area contributed by atoms with Gasteiger partial charge in [-0.15, -0.1) is 0 Å². The average molecular weight is 332 g/mol. The van der Waals surface area contributed by atoms with Gasteiger partial charge < -0.3 is 21.8 Å². The largest absolute Gasteiger partial charge is 0.384 e. The van der Waals surface area contributed by atoms with E-state index in [2.05, 4.69) is 20.3 Å². The Morgan fingerprint density at radius 2 is 2.04 bits per heavy atom. The van der Waals surface area contributed by atoms with E-state index in [-0.39, 0.29) is 17.5 Å². The van der Waals surface area contributed by atoms with Crippen LogP contribution in [0.3, 0.4) is 0 Å². The van der Waals surface area contributed by atoms with E-state index in [0.717, 1.165) is 6.07 Å². The van der Waals surface area contributed by atoms with Crippen molar-refractivity contribution in [1.29, 1.82) is 0 Å². The summed E-state index contributed by atoms with van der Waals surface area (Å²) in [6, 6.07) is 3.35. The number of amides is 1. The Morgan fingerprint density at radius 3 is 2.79 bits per heavy atom. The van der Waals surface area contributed by atoms with Crippen molar-refractivity contribution in [2.45, 2.75) is 6.42 Å². The predicted molar refractivity (Wildman–Crippen MR) is 85.4 cm³/mol. The molecule has 24 heavy (non-hydrogen) atoms. The molecule has 0 bridgehead atoms. The predicted octanol–water partition coefficient (Wildman–Crippen LogP) is 1.57. The fourth-order valence-electron chi connectivity index (χ4n) is 2.43. The molecule has 0 aliphatic heterocycles. The summed E-state index contributed by atoms with van der Waals surface area (Å²) in [6.07, 6.45) is 2.04. The average Bonchev–Trinajstić information content (AvgIpc) is 2.90. The number of carbonyl (C=O) groups is 1. The molecule has 3 rings (SSSR count). The highest BCUT2D eigenvalue weighted by molar-refractivity contribution is 5.91. The van der Waals surface area contributed by atoms with E-state index in [1.165, 1.54) is 12.1 Å². The molecule has 2 heterocycles. The van der Waals surface area contributed by atoms with E-state index in [9.17, 15) is 13.6 Å². The van der Waals surface area contributed by atoms with Crippen molar-refractivity contribution in [3.05, 3.63) is 47.3 Å². The molecule has 0 aliphatic rings. The van der Waals surface area contributed by atoms with Crippen molar-refractivity contribution in [3.63, 3.8) is 0 Å². The molecule has 2 aromatic heterocycles. The minimum Gasteiger partial charge on any atom is -0.384 e. The first-order valence-electron chi connectivity index (χ1n) is 7.07. The van der Waals surface area contributed by atoms with Gasteiger partial charge in [-0.05, 0) is 18.1 Å². The van der Waals surface area contributed by atoms with E-state index >= 15 is 0 Å². The lowest BCUT2D eigenvalue weighted by Gasteiger charge is -2.06. The summed E-state index contributed by atoms with van der Waals surface area (Å²) in [4.78, 5) is 21.9. The van der Waals surface area contributed by atoms with Gasteiger partial charge in [-0.2, -0.15) is 4.98 Å². The second kappa shape index (κ2) is 6.11. The molecule has 0 unspecified atom stereocenters. The van der Waals surface area contributed by atoms with Crippen LogP contribution in [0, 0.1) is 11.6 Å². The maximum Gasteiger partial charge on any atom is 0.267 e. The summed E-state index contributed by atoms with van der Waals surface area (Å²) in [5, 5.41) is 3.23. The maximum atomic E-state index is 13.9. The number of carbonyl (C=O) groups excluding carboxylic acids is 1. The van der Waals surface area contributed by atoms with Crippen LogP contribution in [-0.4, -0.2) is 27.4 Å². The van der Waals surface area contributed by atoms with Gasteiger partial charge >= 0.3 is 0 Å². The molecule has 9 heteroatoms. The molecule has 0 aliphatic carbocycles. The fourth-order valence-corrected chi connectivity index (χ4v) is 2.43. The Morgan fingerprint density at radius 1 is 1.25 bits per heavy atom. The zero-order valence-electron chi connectivity index (χ0n) is 12.4. The number of rotatable bonds is 5. The minimum absolute atomic E-state index is 0.00128. The Balaban J connectivity index is 1.75. The number of anilines is 2. The highest BCUT2D eigenvalue weighted by atomic mass is 19.1. The molecule has 124 valence electrons. The Hall–Kier alpha value is -3.23. The molecule has 6 N–H and O–H groups in total. The van der Waals surface area contributed by atoms with Gasteiger partial charge in [0.25, 0.3) is 5.91 Å². The van der Waals surface area contributed by atoms with Gasteiger partial charge in [0, 0.05) is 30.3 Å². The number of H-pyrrole nitrogens is 1. The zero-order chi connectivity index (χ0) is 17.3. The number of aromatic nitrogens is 3. The molecule has 0 saturated carbocycles. The number of aromatic amines is 1. The number of primary amides is 1. The molecule has 3 aromatic rings. The van der Waals surface area contributed by atoms with Crippen LogP contribution in [-0.2, 0) is 6.42 Å². The molecule has 0 radical (unpaired) electrons. The lowest BCUT2D eigenvalue weighted by atomic mass is 10.1. The highest BCUT2D eigenvalue weighted by Crippen LogP contribution is 2.23. The van der Waals surface area contributed by atoms with E-state index in [1.807, 2.05) is 0 Å². The third-order valence-corrected chi connectivity index (χ3v) is 3.45. The monoisotopic (exact) mass is 332 g/mol. The third kappa shape index (κ3) is 3.09. The van der Waals surface area contributed by atoms with Gasteiger partial charge in [0.05, 0.1) is 5.52 Å². The van der Waals surface area contributed by atoms with Crippen molar-refractivity contribution in [2.24, 2.45) is 5.73 Å². The first-order chi connectivity index (χ1) is 11.4. The van der Waals surface area contributed by atoms with E-state index < -0.39 is 17.5 Å². The van der Waals surface area contributed by atoms with Crippen LogP contribution in [0.2, 0.25) is 0 Å². The lowest BCUT2D eigenvalue weighted by Crippen LogP contribution is -2.17. The highest BCUT2D eigenvalue weighted by Gasteiger charge is 2.11. The number of benzene rings is 1. The smallest absolute Gasteiger partial charge is 0.267 e. The Kier molecular flexibility index (Phi) is 3.98. The summed E-state index contributed by atoms with van der Waals surface area (Å²) in [7, 11) is 0. The van der Waals surface area contributed by atoms with Crippen LogP contribution >= 0.6 is 0 Å². The Labute approximate surface area is 135 Å². The number of hydrogen-bond acceptors (Lipinski definition) is 5. The fraction of sp³-hybridized carbons (Fsp3) is 0.133. The van der Waals surface area contributed by atoms with Crippen LogP contribution in [0.1, 0.15) is 16.1 Å². The summed E-state index contributed by atoms with van der Waals surface area (Å²) in [5.74, 6) is -1.73. The van der Waals surface area contributed by atoms with Gasteiger partial charge in [0.2, 0.25) is 5.95 Å². The molecule has 1 aromatic carbocycles. The molecule has 0 fully saturated rings. The molecule has 0 spiro atoms. The summed E-state index contributed by atoms with van der Waals surface area (Å²) in [5.41, 5.74) is 11.8. The number of halogens is 2. The summed E-state index contributed by atoms with van der Waals surface area (Å²) in [6.45, 7) is 0.353. The number of nitrogen functional groups attached to an aromatic ring is 1. The van der Waals surface area contributed by atoms with Crippen molar-refractivity contribution >= 4 is 28.6 Å². The molecule has 0 atom stereocenters. The number of fused-ring (bicyclic) bond motifs is 1. The third-order valence-electron chi connectivity index (χ3n) is 3.45. The lowest BCUT2D eigenvalue weighted by molar-refractivity contribution is 0.0995. The van der Waals surface area contributed by atoms with Gasteiger partial charge in [-0.3, -0.25) is 4.79 Å². The van der Waals surface area contributed by atoms with Crippen molar-refractivity contribution < 1.29 is 13.6 Å². The van der Waals surface area contributed by atoms with Crippen molar-refractivity contribution in [2.75, 3.05) is 17.6 Å². The van der Waals surface area contributed by atoms with E-state index in [4.69, 9.17) is 11.5 Å². The SMILES string of the molecule is NC(=O)c1cc(N)nc(NCCc2c[nH]c3cc(F)cc(F)c23)n1. The van der Waals surface area contributed by atoms with Crippen LogP contribution < -0.4 is 16.8 Å². The molecule has 7 nitrogen and oxygen atoms in total. The van der Waals surface area contributed by atoms with Crippen molar-refractivity contribution in [3.8, 4) is 0 Å². The Bertz CT molecular complexity index is 924. The second-order valence-electron chi connectivity index (χ2n) is 5.17. The number of nitrogens with zero attached hydrogens (tertiary/aromatic N) is 2. The van der Waals surface area contributed by atoms with E-state index in [0.29, 0.717) is 29.4 Å². The van der Waals surface area contributed by atoms with Gasteiger partial charge in [-0.25, -0.2) is 13.8 Å². The zero-order valence-corrected chi connectivity index (χ0v) is 12.4. The molecule has 1 amide bonds. The maximum absolute atomic E-state index is 13.9. The summed E-state index contributed by atoms with van der Waals surface area (Å²) < 4.78 is 27.1. The number of nitrogens with two attached hydrogens (primary N) is 2. The molecule has 0 saturated heterocycles. The standard InChI is InChI=1S/C15H14F2N6O/c16-8-3-9(17)13-7(6-21-10(13)4-8)1-2-20-15-22-11(14(19)24)5-12(18)23-15/h3-6,21H,1-2H2,(H2,19,24)(H3,18,20,22,23). The summed E-state index contributed by atoms with van der Waals surface area (Å²) >= 11 is 0. The normalized spacial score (nSPS) is 10.9. The first-order valence-corrected chi connectivity index (χ1v) is 7.07. The van der Waals surface area contributed by atoms with Crippen molar-refractivity contribution in [1.82, 2.24) is 15.0 Å². The van der Waals surface area contributed by atoms with Crippen LogP contribution in [0.4, 0.5) is 20.5 Å². The van der Waals surface area contributed by atoms with Gasteiger partial charge in [-0.1, -0.05) is 0 Å². The molecular weight excluding hydrogens is 318 g/mol. The van der Waals surface area contributed by atoms with Gasteiger partial charge in [0.15, 0.2) is 0 Å². The van der Waals surface area contributed by atoms with Crippen LogP contribution in [0.5, 0.6) is 0 Å². The van der Waals surface area contributed by atoms with Gasteiger partial charge in [0.1, 0.15) is 23.1 Å². The van der Waals surface area contributed by atoms with E-state index in [1.54, 1.807) is 6.20 Å². The first kappa shape index (κ1) is 15.7. The number of nitrogens with one attached hydrogen (secondary N) is 2. The van der Waals surface area contributed by atoms with Crippen LogP contribution in [0.15, 0.2) is 24.4 Å². The quantitative estimate of drug-likeness (QED) is 0.565. The molecular formula is C15H14F2N6O. The second-order valence-corrected chi connectivity index (χ2v) is 5.17.